The normalized spacial score (nSPS) is 30.1. The lowest BCUT2D eigenvalue weighted by molar-refractivity contribution is -0.162. The number of carbonyl (C=O) groups excluding carboxylic acids is 2. The summed E-state index contributed by atoms with van der Waals surface area (Å²) in [4.78, 5) is 24.6. The Kier molecular flexibility index (Phi) is 3.65. The van der Waals surface area contributed by atoms with Crippen LogP contribution in [-0.2, 0) is 25.7 Å². The minimum Gasteiger partial charge on any atom is -0.468 e. The van der Waals surface area contributed by atoms with Gasteiger partial charge in [0.05, 0.1) is 19.3 Å². The number of ether oxygens (including phenoxy) is 2. The quantitative estimate of drug-likeness (QED) is 0.487. The molecule has 1 fully saturated rings. The van der Waals surface area contributed by atoms with Gasteiger partial charge in [-0.25, -0.2) is 0 Å². The van der Waals surface area contributed by atoms with Crippen LogP contribution in [0.1, 0.15) is 31.7 Å². The molecule has 0 radical (unpaired) electrons. The van der Waals surface area contributed by atoms with Crippen molar-refractivity contribution in [3.63, 3.8) is 0 Å². The van der Waals surface area contributed by atoms with Crippen LogP contribution in [-0.4, -0.2) is 24.5 Å². The van der Waals surface area contributed by atoms with Gasteiger partial charge in [0.1, 0.15) is 5.41 Å². The number of carbonyl (C=O) groups is 2. The third-order valence-corrected chi connectivity index (χ3v) is 4.87. The summed E-state index contributed by atoms with van der Waals surface area (Å²) in [6.45, 7) is 2.30. The first-order valence-corrected chi connectivity index (χ1v) is 7.52. The zero-order valence-corrected chi connectivity index (χ0v) is 12.9. The molecule has 22 heavy (non-hydrogen) atoms. The molecule has 1 saturated carbocycles. The summed E-state index contributed by atoms with van der Waals surface area (Å²) in [6, 6.07) is 9.90. The number of fused-ring (bicyclic) bond motifs is 2. The van der Waals surface area contributed by atoms with Gasteiger partial charge in [0.25, 0.3) is 0 Å². The van der Waals surface area contributed by atoms with Crippen LogP contribution in [0.15, 0.2) is 42.0 Å². The van der Waals surface area contributed by atoms with Crippen LogP contribution >= 0.6 is 0 Å². The Morgan fingerprint density at radius 2 is 2.00 bits per heavy atom. The molecule has 0 aromatic heterocycles. The molecule has 1 aromatic rings. The molecule has 2 aliphatic carbocycles. The molecular formula is C18H20O4. The smallest absolute Gasteiger partial charge is 0.323 e. The molecular weight excluding hydrogens is 280 g/mol. The van der Waals surface area contributed by atoms with Crippen LogP contribution in [0.4, 0.5) is 0 Å². The summed E-state index contributed by atoms with van der Waals surface area (Å²) in [7, 11) is 1.33. The predicted octanol–water partition coefficient (Wildman–Crippen LogP) is 2.81. The number of esters is 1. The Hall–Kier alpha value is -1.94. The molecule has 0 spiro atoms. The fraction of sp³-hybridized carbons (Fsp3) is 0.444. The zero-order chi connectivity index (χ0) is 15.8. The van der Waals surface area contributed by atoms with Crippen LogP contribution in [0.5, 0.6) is 0 Å². The maximum atomic E-state index is 12.4. The molecule has 3 rings (SSSR count). The number of methoxy groups -OCH3 is 1. The number of hydrogen-bond donors (Lipinski definition) is 0. The van der Waals surface area contributed by atoms with Gasteiger partial charge in [0, 0.05) is 12.8 Å². The molecule has 2 aliphatic rings. The molecule has 4 heteroatoms. The van der Waals surface area contributed by atoms with Gasteiger partial charge in [0.15, 0.2) is 5.78 Å². The Morgan fingerprint density at radius 1 is 1.27 bits per heavy atom. The second kappa shape index (κ2) is 5.36. The van der Waals surface area contributed by atoms with E-state index < -0.39 is 17.0 Å². The SMILES string of the molecule is COC(=O)[C@]12C[C@](OCc3ccccc3)(C=C1C)CCC2=O. The Morgan fingerprint density at radius 3 is 2.68 bits per heavy atom. The Bertz CT molecular complexity index is 624. The Balaban J connectivity index is 1.84. The van der Waals surface area contributed by atoms with E-state index in [4.69, 9.17) is 9.47 Å². The van der Waals surface area contributed by atoms with E-state index in [2.05, 4.69) is 0 Å². The van der Waals surface area contributed by atoms with Crippen molar-refractivity contribution in [1.29, 1.82) is 0 Å². The van der Waals surface area contributed by atoms with Gasteiger partial charge in [-0.1, -0.05) is 36.4 Å². The van der Waals surface area contributed by atoms with Crippen LogP contribution in [0, 0.1) is 5.41 Å². The van der Waals surface area contributed by atoms with Crippen LogP contribution in [0.3, 0.4) is 0 Å². The van der Waals surface area contributed by atoms with Gasteiger partial charge < -0.3 is 9.47 Å². The average Bonchev–Trinajstić information content (AvgIpc) is 2.80. The summed E-state index contributed by atoms with van der Waals surface area (Å²) >= 11 is 0. The molecule has 2 atom stereocenters. The fourth-order valence-corrected chi connectivity index (χ4v) is 3.66. The molecule has 0 saturated heterocycles. The summed E-state index contributed by atoms with van der Waals surface area (Å²) in [5.74, 6) is -0.513. The van der Waals surface area contributed by atoms with E-state index in [1.807, 2.05) is 43.3 Å². The summed E-state index contributed by atoms with van der Waals surface area (Å²) < 4.78 is 11.1. The average molecular weight is 300 g/mol. The molecule has 4 nitrogen and oxygen atoms in total. The lowest BCUT2D eigenvalue weighted by Gasteiger charge is -2.37. The molecule has 0 N–H and O–H groups in total. The van der Waals surface area contributed by atoms with Gasteiger partial charge in [0.2, 0.25) is 0 Å². The van der Waals surface area contributed by atoms with E-state index in [0.717, 1.165) is 11.1 Å². The highest BCUT2D eigenvalue weighted by Crippen LogP contribution is 2.53. The van der Waals surface area contributed by atoms with Crippen molar-refractivity contribution in [2.45, 2.75) is 38.4 Å². The summed E-state index contributed by atoms with van der Waals surface area (Å²) in [5.41, 5.74) is 0.163. The van der Waals surface area contributed by atoms with Crippen LogP contribution in [0.25, 0.3) is 0 Å². The maximum Gasteiger partial charge on any atom is 0.323 e. The predicted molar refractivity (Wildman–Crippen MR) is 81.0 cm³/mol. The standard InChI is InChI=1S/C18H20O4/c1-13-10-17(22-11-14-6-4-3-5-7-14)9-8-15(19)18(13,12-17)16(20)21-2/h3-7,10H,8-9,11-12H2,1-2H3/t17-,18-/m1/s1. The first-order chi connectivity index (χ1) is 10.5. The van der Waals surface area contributed by atoms with Gasteiger partial charge >= 0.3 is 5.97 Å². The topological polar surface area (TPSA) is 52.6 Å². The lowest BCUT2D eigenvalue weighted by Crippen LogP contribution is -2.47. The first kappa shape index (κ1) is 15.0. The zero-order valence-electron chi connectivity index (χ0n) is 12.9. The van der Waals surface area contributed by atoms with E-state index in [0.29, 0.717) is 25.9 Å². The van der Waals surface area contributed by atoms with Crippen molar-refractivity contribution < 1.29 is 19.1 Å². The van der Waals surface area contributed by atoms with Crippen molar-refractivity contribution >= 4 is 11.8 Å². The van der Waals surface area contributed by atoms with Crippen molar-refractivity contribution in [3.05, 3.63) is 47.5 Å². The maximum absolute atomic E-state index is 12.4. The number of benzene rings is 1. The van der Waals surface area contributed by atoms with E-state index in [9.17, 15) is 9.59 Å². The first-order valence-electron chi connectivity index (χ1n) is 7.52. The molecule has 0 heterocycles. The highest BCUT2D eigenvalue weighted by atomic mass is 16.5. The minimum absolute atomic E-state index is 0.0514. The van der Waals surface area contributed by atoms with E-state index in [1.165, 1.54) is 7.11 Å². The third-order valence-electron chi connectivity index (χ3n) is 4.87. The van der Waals surface area contributed by atoms with E-state index >= 15 is 0 Å². The number of rotatable bonds is 4. The molecule has 1 aromatic carbocycles. The van der Waals surface area contributed by atoms with Crippen LogP contribution in [0.2, 0.25) is 0 Å². The molecule has 0 amide bonds. The van der Waals surface area contributed by atoms with Crippen molar-refractivity contribution in [1.82, 2.24) is 0 Å². The summed E-state index contributed by atoms with van der Waals surface area (Å²) in [6.07, 6.45) is 3.29. The van der Waals surface area contributed by atoms with Gasteiger partial charge in [-0.15, -0.1) is 0 Å². The van der Waals surface area contributed by atoms with Gasteiger partial charge in [-0.05, 0) is 24.5 Å². The molecule has 0 aliphatic heterocycles. The highest BCUT2D eigenvalue weighted by molar-refractivity contribution is 6.08. The fourth-order valence-electron chi connectivity index (χ4n) is 3.66. The van der Waals surface area contributed by atoms with E-state index in [1.54, 1.807) is 0 Å². The second-order valence-corrected chi connectivity index (χ2v) is 6.16. The van der Waals surface area contributed by atoms with Gasteiger partial charge in [-0.2, -0.15) is 0 Å². The van der Waals surface area contributed by atoms with Gasteiger partial charge in [-0.3, -0.25) is 9.59 Å². The molecule has 0 unspecified atom stereocenters. The van der Waals surface area contributed by atoms with Crippen LogP contribution < -0.4 is 0 Å². The molecule has 2 bridgehead atoms. The van der Waals surface area contributed by atoms with Crippen molar-refractivity contribution in [2.75, 3.05) is 7.11 Å². The van der Waals surface area contributed by atoms with Crippen molar-refractivity contribution in [3.8, 4) is 0 Å². The van der Waals surface area contributed by atoms with E-state index in [-0.39, 0.29) is 5.78 Å². The highest BCUT2D eigenvalue weighted by Gasteiger charge is 2.60. The lowest BCUT2D eigenvalue weighted by atomic mass is 9.69. The number of Topliss-reactive ketones (excluding diaryl/α,β-unsaturated/α-hetero) is 1. The molecule has 116 valence electrons. The monoisotopic (exact) mass is 300 g/mol. The minimum atomic E-state index is -1.14. The number of ketones is 1. The second-order valence-electron chi connectivity index (χ2n) is 6.16. The largest absolute Gasteiger partial charge is 0.468 e. The summed E-state index contributed by atoms with van der Waals surface area (Å²) in [5, 5.41) is 0. The van der Waals surface area contributed by atoms with Crippen molar-refractivity contribution in [2.24, 2.45) is 5.41 Å². The Labute approximate surface area is 130 Å². The number of hydrogen-bond acceptors (Lipinski definition) is 4. The third kappa shape index (κ3) is 2.18.